The average molecular weight is 173 g/mol. The number of rotatable bonds is 2. The lowest BCUT2D eigenvalue weighted by Crippen LogP contribution is -1.89. The Morgan fingerprint density at radius 1 is 1.23 bits per heavy atom. The third-order valence-corrected chi connectivity index (χ3v) is 1.89. The minimum atomic E-state index is 0.879. The molecule has 0 atom stereocenters. The Kier molecular flexibility index (Phi) is 2.00. The monoisotopic (exact) mass is 173 g/mol. The van der Waals surface area contributed by atoms with Crippen molar-refractivity contribution in [3.63, 3.8) is 0 Å². The topological polar surface area (TPSA) is 29.9 Å². The fraction of sp³-hybridized carbons (Fsp3) is 0.100. The zero-order chi connectivity index (χ0) is 9.10. The molecule has 13 heavy (non-hydrogen) atoms. The van der Waals surface area contributed by atoms with Gasteiger partial charge in [-0.3, -0.25) is 0 Å². The van der Waals surface area contributed by atoms with Gasteiger partial charge in [-0.1, -0.05) is 18.2 Å². The number of benzene rings is 1. The van der Waals surface area contributed by atoms with E-state index >= 15 is 0 Å². The number of nitrogens with one attached hydrogen (secondary N) is 1. The van der Waals surface area contributed by atoms with Crippen molar-refractivity contribution in [3.8, 4) is 5.69 Å². The lowest BCUT2D eigenvalue weighted by Gasteiger charge is -1.99. The normalized spacial score (nSPS) is 9.92. The van der Waals surface area contributed by atoms with E-state index in [2.05, 4.69) is 10.3 Å². The molecule has 1 aromatic carbocycles. The first-order chi connectivity index (χ1) is 6.40. The highest BCUT2D eigenvalue weighted by atomic mass is 15.1. The summed E-state index contributed by atoms with van der Waals surface area (Å²) in [6, 6.07) is 10.1. The van der Waals surface area contributed by atoms with Gasteiger partial charge in [0.1, 0.15) is 12.1 Å². The molecule has 3 nitrogen and oxygen atoms in total. The molecule has 0 amide bonds. The number of nitrogens with zero attached hydrogens (tertiary/aromatic N) is 2. The molecule has 0 saturated heterocycles. The fourth-order valence-electron chi connectivity index (χ4n) is 1.19. The van der Waals surface area contributed by atoms with Crippen molar-refractivity contribution in [2.45, 2.75) is 0 Å². The van der Waals surface area contributed by atoms with E-state index in [4.69, 9.17) is 0 Å². The van der Waals surface area contributed by atoms with Gasteiger partial charge in [0.05, 0.1) is 6.20 Å². The summed E-state index contributed by atoms with van der Waals surface area (Å²) in [7, 11) is 1.86. The zero-order valence-electron chi connectivity index (χ0n) is 7.44. The zero-order valence-corrected chi connectivity index (χ0v) is 7.44. The molecule has 0 spiro atoms. The summed E-state index contributed by atoms with van der Waals surface area (Å²) in [5.41, 5.74) is 1.12. The quantitative estimate of drug-likeness (QED) is 0.751. The Hall–Kier alpha value is -1.77. The minimum Gasteiger partial charge on any atom is -0.372 e. The predicted molar refractivity (Wildman–Crippen MR) is 53.1 cm³/mol. The van der Waals surface area contributed by atoms with Crippen LogP contribution in [0.1, 0.15) is 0 Å². The second-order valence-electron chi connectivity index (χ2n) is 2.75. The van der Waals surface area contributed by atoms with Crippen LogP contribution in [-0.2, 0) is 0 Å². The van der Waals surface area contributed by atoms with E-state index in [1.54, 1.807) is 6.33 Å². The van der Waals surface area contributed by atoms with Crippen LogP contribution >= 0.6 is 0 Å². The van der Waals surface area contributed by atoms with E-state index in [1.165, 1.54) is 0 Å². The largest absolute Gasteiger partial charge is 0.372 e. The first-order valence-corrected chi connectivity index (χ1v) is 4.17. The van der Waals surface area contributed by atoms with Gasteiger partial charge in [0.2, 0.25) is 0 Å². The van der Waals surface area contributed by atoms with E-state index in [0.29, 0.717) is 0 Å². The Balaban J connectivity index is 2.36. The van der Waals surface area contributed by atoms with E-state index in [0.717, 1.165) is 11.5 Å². The number of aromatic nitrogens is 2. The molecule has 1 heterocycles. The summed E-state index contributed by atoms with van der Waals surface area (Å²) in [6.45, 7) is 0. The summed E-state index contributed by atoms with van der Waals surface area (Å²) in [4.78, 5) is 4.16. The van der Waals surface area contributed by atoms with E-state index < -0.39 is 0 Å². The van der Waals surface area contributed by atoms with E-state index in [9.17, 15) is 0 Å². The average Bonchev–Trinajstić information content (AvgIpc) is 2.67. The molecule has 66 valence electrons. The highest BCUT2D eigenvalue weighted by Crippen LogP contribution is 2.09. The second-order valence-corrected chi connectivity index (χ2v) is 2.75. The molecule has 0 saturated carbocycles. The minimum absolute atomic E-state index is 0.879. The molecule has 0 fully saturated rings. The van der Waals surface area contributed by atoms with Gasteiger partial charge in [0.15, 0.2) is 0 Å². The van der Waals surface area contributed by atoms with Crippen LogP contribution in [-0.4, -0.2) is 16.6 Å². The molecule has 0 aliphatic carbocycles. The van der Waals surface area contributed by atoms with Gasteiger partial charge >= 0.3 is 0 Å². The lowest BCUT2D eigenvalue weighted by molar-refractivity contribution is 1.06. The summed E-state index contributed by atoms with van der Waals surface area (Å²) >= 11 is 0. The van der Waals surface area contributed by atoms with Crippen molar-refractivity contribution in [3.05, 3.63) is 42.9 Å². The lowest BCUT2D eigenvalue weighted by atomic mass is 10.3. The first-order valence-electron chi connectivity index (χ1n) is 4.17. The number of anilines is 1. The van der Waals surface area contributed by atoms with Crippen LogP contribution < -0.4 is 5.32 Å². The maximum Gasteiger partial charge on any atom is 0.144 e. The number of para-hydroxylation sites is 1. The SMILES string of the molecule is CNc1cn(-c2ccccc2)cn1. The van der Waals surface area contributed by atoms with Gasteiger partial charge in [-0.15, -0.1) is 0 Å². The van der Waals surface area contributed by atoms with Gasteiger partial charge in [0.25, 0.3) is 0 Å². The summed E-state index contributed by atoms with van der Waals surface area (Å²) in [6.07, 6.45) is 3.75. The van der Waals surface area contributed by atoms with Crippen LogP contribution in [0.15, 0.2) is 42.9 Å². The fourth-order valence-corrected chi connectivity index (χ4v) is 1.19. The molecule has 2 rings (SSSR count). The Morgan fingerprint density at radius 3 is 2.62 bits per heavy atom. The summed E-state index contributed by atoms with van der Waals surface area (Å²) < 4.78 is 1.98. The van der Waals surface area contributed by atoms with Gasteiger partial charge in [-0.05, 0) is 12.1 Å². The van der Waals surface area contributed by atoms with Gasteiger partial charge in [-0.25, -0.2) is 4.98 Å². The van der Waals surface area contributed by atoms with Crippen LogP contribution in [0.25, 0.3) is 5.69 Å². The summed E-state index contributed by atoms with van der Waals surface area (Å²) in [5.74, 6) is 0.879. The number of hydrogen-bond donors (Lipinski definition) is 1. The van der Waals surface area contributed by atoms with Crippen molar-refractivity contribution in [2.75, 3.05) is 12.4 Å². The molecule has 1 aromatic heterocycles. The highest BCUT2D eigenvalue weighted by Gasteiger charge is 1.96. The van der Waals surface area contributed by atoms with Crippen LogP contribution in [0.3, 0.4) is 0 Å². The van der Waals surface area contributed by atoms with E-state index in [1.807, 2.05) is 48.1 Å². The molecular weight excluding hydrogens is 162 g/mol. The molecule has 3 heteroatoms. The van der Waals surface area contributed by atoms with Gasteiger partial charge in [0, 0.05) is 12.7 Å². The molecule has 2 aromatic rings. The van der Waals surface area contributed by atoms with Crippen molar-refractivity contribution < 1.29 is 0 Å². The molecular formula is C10H11N3. The van der Waals surface area contributed by atoms with Gasteiger partial charge in [-0.2, -0.15) is 0 Å². The Labute approximate surface area is 77.0 Å². The van der Waals surface area contributed by atoms with Crippen LogP contribution in [0.4, 0.5) is 5.82 Å². The predicted octanol–water partition coefficient (Wildman–Crippen LogP) is 1.91. The van der Waals surface area contributed by atoms with Crippen LogP contribution in [0.5, 0.6) is 0 Å². The number of imidazole rings is 1. The highest BCUT2D eigenvalue weighted by molar-refractivity contribution is 5.38. The summed E-state index contributed by atoms with van der Waals surface area (Å²) in [5, 5.41) is 2.99. The van der Waals surface area contributed by atoms with Crippen molar-refractivity contribution >= 4 is 5.82 Å². The van der Waals surface area contributed by atoms with Crippen molar-refractivity contribution in [1.29, 1.82) is 0 Å². The van der Waals surface area contributed by atoms with Crippen molar-refractivity contribution in [1.82, 2.24) is 9.55 Å². The standard InChI is InChI=1S/C10H11N3/c1-11-10-7-13(8-12-10)9-5-3-2-4-6-9/h2-8,11H,1H3. The maximum atomic E-state index is 4.16. The van der Waals surface area contributed by atoms with E-state index in [-0.39, 0.29) is 0 Å². The molecule has 0 radical (unpaired) electrons. The second kappa shape index (κ2) is 3.31. The van der Waals surface area contributed by atoms with Gasteiger partial charge < -0.3 is 9.88 Å². The maximum absolute atomic E-state index is 4.16. The molecule has 0 aliphatic rings. The molecule has 0 unspecified atom stereocenters. The Bertz CT molecular complexity index is 378. The third-order valence-electron chi connectivity index (χ3n) is 1.89. The first kappa shape index (κ1) is 7.86. The van der Waals surface area contributed by atoms with Crippen molar-refractivity contribution in [2.24, 2.45) is 0 Å². The van der Waals surface area contributed by atoms with Crippen LogP contribution in [0, 0.1) is 0 Å². The smallest absolute Gasteiger partial charge is 0.144 e. The molecule has 0 aliphatic heterocycles. The van der Waals surface area contributed by atoms with Crippen LogP contribution in [0.2, 0.25) is 0 Å². The third kappa shape index (κ3) is 1.54. The number of hydrogen-bond acceptors (Lipinski definition) is 2. The molecule has 0 bridgehead atoms. The Morgan fingerprint density at radius 2 is 2.00 bits per heavy atom. The molecule has 1 N–H and O–H groups in total.